The molecule has 0 atom stereocenters. The topological polar surface area (TPSA) is 54.3 Å². The first-order valence-electron chi connectivity index (χ1n) is 11.1. The summed E-state index contributed by atoms with van der Waals surface area (Å²) in [4.78, 5) is 27.1. The number of piperidine rings is 1. The molecule has 0 bridgehead atoms. The van der Waals surface area contributed by atoms with E-state index in [1.807, 2.05) is 38.7 Å². The maximum absolute atomic E-state index is 13.0. The highest BCUT2D eigenvalue weighted by molar-refractivity contribution is 5.96. The van der Waals surface area contributed by atoms with Crippen molar-refractivity contribution in [2.24, 2.45) is 5.92 Å². The van der Waals surface area contributed by atoms with Gasteiger partial charge >= 0.3 is 0 Å². The van der Waals surface area contributed by atoms with Gasteiger partial charge < -0.3 is 14.8 Å². The van der Waals surface area contributed by atoms with Crippen LogP contribution >= 0.6 is 0 Å². The van der Waals surface area contributed by atoms with Gasteiger partial charge in [-0.1, -0.05) is 39.8 Å². The van der Waals surface area contributed by atoms with Crippen LogP contribution in [0.5, 0.6) is 0 Å². The number of benzene rings is 1. The molecule has 3 rings (SSSR count). The number of nitrogens with zero attached hydrogens (tertiary/aromatic N) is 2. The summed E-state index contributed by atoms with van der Waals surface area (Å²) in [6.45, 7) is 13.7. The normalized spacial score (nSPS) is 15.1. The molecule has 5 nitrogen and oxygen atoms in total. The van der Waals surface area contributed by atoms with Crippen molar-refractivity contribution in [2.45, 2.75) is 66.3 Å². The lowest BCUT2D eigenvalue weighted by Crippen LogP contribution is -2.47. The van der Waals surface area contributed by atoms with Crippen molar-refractivity contribution in [2.75, 3.05) is 13.1 Å². The van der Waals surface area contributed by atoms with E-state index in [-0.39, 0.29) is 23.8 Å². The van der Waals surface area contributed by atoms with Gasteiger partial charge in [0.15, 0.2) is 0 Å². The fourth-order valence-electron chi connectivity index (χ4n) is 4.27. The van der Waals surface area contributed by atoms with Crippen molar-refractivity contribution >= 4 is 11.8 Å². The van der Waals surface area contributed by atoms with Crippen LogP contribution in [0.15, 0.2) is 30.3 Å². The summed E-state index contributed by atoms with van der Waals surface area (Å²) in [5, 5.41) is 3.19. The van der Waals surface area contributed by atoms with Gasteiger partial charge in [-0.2, -0.15) is 0 Å². The van der Waals surface area contributed by atoms with Crippen molar-refractivity contribution in [3.63, 3.8) is 0 Å². The Labute approximate surface area is 180 Å². The third kappa shape index (κ3) is 4.61. The van der Waals surface area contributed by atoms with Gasteiger partial charge in [-0.3, -0.25) is 9.59 Å². The lowest BCUT2D eigenvalue weighted by atomic mass is 10.0. The average Bonchev–Trinajstić information content (AvgIpc) is 3.02. The molecule has 0 saturated carbocycles. The number of hydrogen-bond donors (Lipinski definition) is 1. The Morgan fingerprint density at radius 1 is 1.00 bits per heavy atom. The Morgan fingerprint density at radius 3 is 2.13 bits per heavy atom. The van der Waals surface area contributed by atoms with Crippen molar-refractivity contribution in [3.05, 3.63) is 52.8 Å². The third-order valence-corrected chi connectivity index (χ3v) is 6.13. The van der Waals surface area contributed by atoms with E-state index < -0.39 is 0 Å². The standard InChI is InChI=1S/C25H35N3O2/c1-16(2)20-7-9-22(10-8-20)28-18(5)15-23(19(28)6)24(29)26-21-11-13-27(14-12-21)25(30)17(3)4/h7-10,15-17,21H,11-14H2,1-6H3,(H,26,29). The molecule has 5 heteroatoms. The van der Waals surface area contributed by atoms with Gasteiger partial charge in [0.2, 0.25) is 5.91 Å². The van der Waals surface area contributed by atoms with Gasteiger partial charge in [-0.05, 0) is 56.4 Å². The second kappa shape index (κ2) is 9.07. The van der Waals surface area contributed by atoms with Crippen molar-refractivity contribution in [1.82, 2.24) is 14.8 Å². The van der Waals surface area contributed by atoms with E-state index in [1.54, 1.807) is 0 Å². The molecule has 2 heterocycles. The first-order valence-corrected chi connectivity index (χ1v) is 11.1. The summed E-state index contributed by atoms with van der Waals surface area (Å²) in [5.41, 5.74) is 5.11. The number of carbonyl (C=O) groups excluding carboxylic acids is 2. The summed E-state index contributed by atoms with van der Waals surface area (Å²) < 4.78 is 2.14. The van der Waals surface area contributed by atoms with Crippen LogP contribution in [-0.4, -0.2) is 40.4 Å². The van der Waals surface area contributed by atoms with Crippen LogP contribution in [0.25, 0.3) is 5.69 Å². The van der Waals surface area contributed by atoms with Gasteiger partial charge in [-0.15, -0.1) is 0 Å². The van der Waals surface area contributed by atoms with Gasteiger partial charge in [-0.25, -0.2) is 0 Å². The second-order valence-electron chi connectivity index (χ2n) is 9.09. The van der Waals surface area contributed by atoms with E-state index in [2.05, 4.69) is 48.0 Å². The molecule has 0 aliphatic carbocycles. The van der Waals surface area contributed by atoms with Gasteiger partial charge in [0.05, 0.1) is 5.56 Å². The zero-order valence-electron chi connectivity index (χ0n) is 19.2. The molecule has 1 aliphatic heterocycles. The van der Waals surface area contributed by atoms with Gasteiger partial charge in [0.1, 0.15) is 0 Å². The first-order chi connectivity index (χ1) is 14.2. The molecule has 0 spiro atoms. The van der Waals surface area contributed by atoms with Crippen LogP contribution in [0.1, 0.15) is 73.8 Å². The minimum absolute atomic E-state index is 0.0242. The number of aromatic nitrogens is 1. The summed E-state index contributed by atoms with van der Waals surface area (Å²) in [5.74, 6) is 0.694. The molecule has 1 saturated heterocycles. The van der Waals surface area contributed by atoms with Crippen LogP contribution in [-0.2, 0) is 4.79 Å². The lowest BCUT2D eigenvalue weighted by molar-refractivity contribution is -0.135. The van der Waals surface area contributed by atoms with Crippen molar-refractivity contribution in [1.29, 1.82) is 0 Å². The first kappa shape index (κ1) is 22.1. The maximum atomic E-state index is 13.0. The third-order valence-electron chi connectivity index (χ3n) is 6.13. The Bertz CT molecular complexity index is 901. The van der Waals surface area contributed by atoms with E-state index in [0.29, 0.717) is 19.0 Å². The van der Waals surface area contributed by atoms with Crippen molar-refractivity contribution < 1.29 is 9.59 Å². The minimum Gasteiger partial charge on any atom is -0.349 e. The number of hydrogen-bond acceptors (Lipinski definition) is 2. The molecule has 1 aromatic carbocycles. The van der Waals surface area contributed by atoms with Crippen molar-refractivity contribution in [3.8, 4) is 5.69 Å². The molecule has 1 aliphatic rings. The smallest absolute Gasteiger partial charge is 0.253 e. The Kier molecular flexibility index (Phi) is 6.69. The predicted octanol–water partition coefficient (Wildman–Crippen LogP) is 4.59. The summed E-state index contributed by atoms with van der Waals surface area (Å²) >= 11 is 0. The SMILES string of the molecule is Cc1cc(C(=O)NC2CCN(C(=O)C(C)C)CC2)c(C)n1-c1ccc(C(C)C)cc1. The maximum Gasteiger partial charge on any atom is 0.253 e. The highest BCUT2D eigenvalue weighted by Crippen LogP contribution is 2.23. The van der Waals surface area contributed by atoms with Gasteiger partial charge in [0.25, 0.3) is 5.91 Å². The average molecular weight is 410 g/mol. The number of aryl methyl sites for hydroxylation is 1. The summed E-state index contributed by atoms with van der Waals surface area (Å²) in [7, 11) is 0. The Hall–Kier alpha value is -2.56. The minimum atomic E-state index is -0.0261. The molecule has 30 heavy (non-hydrogen) atoms. The molecule has 1 N–H and O–H groups in total. The van der Waals surface area contributed by atoms with E-state index in [4.69, 9.17) is 0 Å². The Morgan fingerprint density at radius 2 is 1.60 bits per heavy atom. The molecular formula is C25H35N3O2. The zero-order valence-corrected chi connectivity index (χ0v) is 19.2. The fraction of sp³-hybridized carbons (Fsp3) is 0.520. The molecule has 162 valence electrons. The fourth-order valence-corrected chi connectivity index (χ4v) is 4.27. The van der Waals surface area contributed by atoms with E-state index in [1.165, 1.54) is 5.56 Å². The summed E-state index contributed by atoms with van der Waals surface area (Å²) in [6, 6.07) is 10.6. The van der Waals surface area contributed by atoms with E-state index in [9.17, 15) is 9.59 Å². The summed E-state index contributed by atoms with van der Waals surface area (Å²) in [6.07, 6.45) is 1.61. The molecule has 1 aromatic heterocycles. The zero-order chi connectivity index (χ0) is 22.0. The lowest BCUT2D eigenvalue weighted by Gasteiger charge is -2.33. The van der Waals surface area contributed by atoms with Crippen LogP contribution in [0, 0.1) is 19.8 Å². The number of nitrogens with one attached hydrogen (secondary N) is 1. The van der Waals surface area contributed by atoms with E-state index >= 15 is 0 Å². The largest absolute Gasteiger partial charge is 0.349 e. The number of likely N-dealkylation sites (tertiary alicyclic amines) is 1. The molecule has 1 fully saturated rings. The molecular weight excluding hydrogens is 374 g/mol. The number of amides is 2. The molecule has 2 amide bonds. The van der Waals surface area contributed by atoms with Crippen LogP contribution in [0.2, 0.25) is 0 Å². The number of carbonyl (C=O) groups is 2. The van der Waals surface area contributed by atoms with Crippen LogP contribution in [0.3, 0.4) is 0 Å². The quantitative estimate of drug-likeness (QED) is 0.785. The molecule has 0 unspecified atom stereocenters. The monoisotopic (exact) mass is 409 g/mol. The van der Waals surface area contributed by atoms with Gasteiger partial charge in [0, 0.05) is 42.1 Å². The molecule has 2 aromatic rings. The van der Waals surface area contributed by atoms with E-state index in [0.717, 1.165) is 35.5 Å². The predicted molar refractivity (Wildman–Crippen MR) is 121 cm³/mol. The second-order valence-corrected chi connectivity index (χ2v) is 9.09. The number of rotatable bonds is 5. The highest BCUT2D eigenvalue weighted by Gasteiger charge is 2.26. The highest BCUT2D eigenvalue weighted by atomic mass is 16.2. The van der Waals surface area contributed by atoms with Crippen LogP contribution in [0.4, 0.5) is 0 Å². The van der Waals surface area contributed by atoms with Crippen LogP contribution < -0.4 is 5.32 Å². The Balaban J connectivity index is 1.69. The molecule has 0 radical (unpaired) electrons.